The second kappa shape index (κ2) is 5.14. The largest absolute Gasteiger partial charge is 0.477 e. The Hall–Kier alpha value is -1.06. The van der Waals surface area contributed by atoms with Gasteiger partial charge in [-0.2, -0.15) is 4.37 Å². The van der Waals surface area contributed by atoms with Crippen molar-refractivity contribution in [2.75, 3.05) is 11.5 Å². The molecule has 0 aliphatic carbocycles. The van der Waals surface area contributed by atoms with E-state index in [1.807, 2.05) is 0 Å². The first-order valence-corrected chi connectivity index (χ1v) is 8.26. The summed E-state index contributed by atoms with van der Waals surface area (Å²) in [5.41, 5.74) is 0.944. The molecule has 1 saturated heterocycles. The summed E-state index contributed by atoms with van der Waals surface area (Å²) in [5.74, 6) is 0.0570. The monoisotopic (exact) mass is 315 g/mol. The first kappa shape index (κ1) is 12.9. The van der Waals surface area contributed by atoms with Crippen LogP contribution in [0.15, 0.2) is 21.9 Å². The van der Waals surface area contributed by atoms with Crippen LogP contribution < -0.4 is 0 Å². The predicted octanol–water partition coefficient (Wildman–Crippen LogP) is 1.27. The molecule has 0 bridgehead atoms. The predicted molar refractivity (Wildman–Crippen MR) is 73.0 cm³/mol. The van der Waals surface area contributed by atoms with E-state index in [1.54, 1.807) is 11.8 Å². The van der Waals surface area contributed by atoms with Crippen molar-refractivity contribution in [2.24, 2.45) is 0 Å². The molecular formula is C10H9N3O3S3. The number of nitrogens with zero attached hydrogens (tertiary/aromatic N) is 3. The van der Waals surface area contributed by atoms with Gasteiger partial charge in [0.15, 0.2) is 4.34 Å². The number of carbonyl (C=O) groups excluding carboxylic acids is 1. The minimum Gasteiger partial charge on any atom is -0.477 e. The van der Waals surface area contributed by atoms with Crippen LogP contribution >= 0.6 is 35.1 Å². The molecule has 1 aromatic rings. The Kier molecular flexibility index (Phi) is 3.50. The van der Waals surface area contributed by atoms with Gasteiger partial charge in [0.25, 0.3) is 0 Å². The van der Waals surface area contributed by atoms with Crippen molar-refractivity contribution in [2.45, 2.75) is 16.1 Å². The van der Waals surface area contributed by atoms with Crippen LogP contribution in [-0.2, 0) is 9.59 Å². The van der Waals surface area contributed by atoms with Crippen molar-refractivity contribution in [1.29, 1.82) is 0 Å². The number of aliphatic carboxylic acids is 1. The van der Waals surface area contributed by atoms with E-state index in [1.165, 1.54) is 34.5 Å². The fourth-order valence-corrected chi connectivity index (χ4v) is 4.81. The van der Waals surface area contributed by atoms with Crippen LogP contribution in [0.2, 0.25) is 0 Å². The lowest BCUT2D eigenvalue weighted by Crippen LogP contribution is -2.54. The number of carboxylic acids is 1. The maximum atomic E-state index is 11.5. The van der Waals surface area contributed by atoms with Crippen molar-refractivity contribution in [3.8, 4) is 0 Å². The summed E-state index contributed by atoms with van der Waals surface area (Å²) in [5, 5.41) is 9.32. The number of rotatable bonds is 4. The van der Waals surface area contributed by atoms with Gasteiger partial charge in [0, 0.05) is 11.5 Å². The number of carbonyl (C=O) groups is 2. The molecule has 100 valence electrons. The lowest BCUT2D eigenvalue weighted by atomic mass is 10.1. The molecule has 6 nitrogen and oxygen atoms in total. The van der Waals surface area contributed by atoms with Crippen molar-refractivity contribution in [3.05, 3.63) is 17.6 Å². The highest BCUT2D eigenvalue weighted by Gasteiger charge is 2.45. The van der Waals surface area contributed by atoms with Crippen molar-refractivity contribution in [1.82, 2.24) is 14.3 Å². The number of hydrogen-bond donors (Lipinski definition) is 1. The lowest BCUT2D eigenvalue weighted by molar-refractivity contribution is -0.146. The van der Waals surface area contributed by atoms with Gasteiger partial charge in [-0.25, -0.2) is 9.78 Å². The van der Waals surface area contributed by atoms with Crippen LogP contribution in [0.5, 0.6) is 0 Å². The number of amides is 1. The van der Waals surface area contributed by atoms with Crippen LogP contribution in [0.3, 0.4) is 0 Å². The summed E-state index contributed by atoms with van der Waals surface area (Å²) < 4.78 is 4.70. The highest BCUT2D eigenvalue weighted by molar-refractivity contribution is 8.01. The molecule has 9 heteroatoms. The second-order valence-corrected chi connectivity index (χ2v) is 7.16. The van der Waals surface area contributed by atoms with Crippen LogP contribution in [0.4, 0.5) is 0 Å². The van der Waals surface area contributed by atoms with E-state index in [9.17, 15) is 14.7 Å². The molecule has 1 unspecified atom stereocenters. The van der Waals surface area contributed by atoms with Gasteiger partial charge < -0.3 is 5.11 Å². The highest BCUT2D eigenvalue weighted by Crippen LogP contribution is 2.41. The van der Waals surface area contributed by atoms with E-state index < -0.39 is 5.97 Å². The summed E-state index contributed by atoms with van der Waals surface area (Å²) in [4.78, 5) is 28.4. The Balaban J connectivity index is 1.81. The average Bonchev–Trinajstić information content (AvgIpc) is 2.88. The zero-order chi connectivity index (χ0) is 13.4. The number of β-lactam (4-membered cyclic amide) rings is 1. The third-order valence-corrected chi connectivity index (χ3v) is 6.01. The van der Waals surface area contributed by atoms with Gasteiger partial charge >= 0.3 is 5.97 Å². The first-order valence-electron chi connectivity index (χ1n) is 5.45. The molecule has 1 atom stereocenters. The molecule has 0 aromatic carbocycles. The molecule has 2 aliphatic heterocycles. The fraction of sp³-hybridized carbons (Fsp3) is 0.400. The SMILES string of the molecule is O=C(O)C1=C(CSc2ncns2)CSC2CC(=O)N12. The molecule has 0 spiro atoms. The molecule has 3 heterocycles. The normalized spacial score (nSPS) is 22.2. The first-order chi connectivity index (χ1) is 9.16. The van der Waals surface area contributed by atoms with Gasteiger partial charge in [0.05, 0.1) is 11.8 Å². The topological polar surface area (TPSA) is 83.4 Å². The molecule has 0 radical (unpaired) electrons. The Morgan fingerprint density at radius 3 is 3.11 bits per heavy atom. The molecule has 0 saturated carbocycles. The van der Waals surface area contributed by atoms with E-state index in [-0.39, 0.29) is 17.0 Å². The number of hydrogen-bond acceptors (Lipinski definition) is 7. The standard InChI is InChI=1S/C10H9N3O3S3/c14-6-1-7-13(6)8(9(15)16)5(2-17-7)3-18-10-11-4-12-19-10/h4,7H,1-3H2,(H,15,16). The molecular weight excluding hydrogens is 306 g/mol. The van der Waals surface area contributed by atoms with E-state index in [2.05, 4.69) is 9.36 Å². The molecule has 2 aliphatic rings. The molecule has 19 heavy (non-hydrogen) atoms. The molecule has 1 fully saturated rings. The zero-order valence-electron chi connectivity index (χ0n) is 9.61. The highest BCUT2D eigenvalue weighted by atomic mass is 32.2. The maximum absolute atomic E-state index is 11.5. The Morgan fingerprint density at radius 2 is 2.47 bits per heavy atom. The number of fused-ring (bicyclic) bond motifs is 1. The van der Waals surface area contributed by atoms with Crippen LogP contribution in [0.1, 0.15) is 6.42 Å². The zero-order valence-corrected chi connectivity index (χ0v) is 12.1. The van der Waals surface area contributed by atoms with Crippen molar-refractivity contribution >= 4 is 46.9 Å². The lowest BCUT2D eigenvalue weighted by Gasteiger charge is -2.43. The molecule has 1 aromatic heterocycles. The summed E-state index contributed by atoms with van der Waals surface area (Å²) in [6, 6.07) is 0. The van der Waals surface area contributed by atoms with E-state index in [0.29, 0.717) is 17.9 Å². The van der Waals surface area contributed by atoms with Gasteiger partial charge in [-0.3, -0.25) is 9.69 Å². The van der Waals surface area contributed by atoms with Crippen LogP contribution in [0.25, 0.3) is 0 Å². The maximum Gasteiger partial charge on any atom is 0.352 e. The van der Waals surface area contributed by atoms with Crippen LogP contribution in [-0.4, -0.2) is 48.1 Å². The number of carboxylic acid groups (broad SMARTS) is 1. The number of aromatic nitrogens is 2. The Bertz CT molecular complexity index is 558. The quantitative estimate of drug-likeness (QED) is 0.662. The third kappa shape index (κ3) is 2.37. The van der Waals surface area contributed by atoms with Gasteiger partial charge in [-0.05, 0) is 17.1 Å². The van der Waals surface area contributed by atoms with Crippen molar-refractivity contribution in [3.63, 3.8) is 0 Å². The van der Waals surface area contributed by atoms with Gasteiger partial charge in [-0.15, -0.1) is 11.8 Å². The van der Waals surface area contributed by atoms with Gasteiger partial charge in [0.2, 0.25) is 5.91 Å². The van der Waals surface area contributed by atoms with E-state index in [0.717, 1.165) is 9.91 Å². The van der Waals surface area contributed by atoms with E-state index in [4.69, 9.17) is 0 Å². The summed E-state index contributed by atoms with van der Waals surface area (Å²) >= 11 is 4.36. The second-order valence-electron chi connectivity index (χ2n) is 3.99. The van der Waals surface area contributed by atoms with Crippen molar-refractivity contribution < 1.29 is 14.7 Å². The Morgan fingerprint density at radius 1 is 1.63 bits per heavy atom. The minimum absolute atomic E-state index is 0.00822. The molecule has 3 rings (SSSR count). The summed E-state index contributed by atoms with van der Waals surface area (Å²) in [6.07, 6.45) is 1.92. The average molecular weight is 315 g/mol. The minimum atomic E-state index is -1.02. The fourth-order valence-electron chi connectivity index (χ4n) is 1.96. The molecule has 1 amide bonds. The summed E-state index contributed by atoms with van der Waals surface area (Å²) in [7, 11) is 0. The summed E-state index contributed by atoms with van der Waals surface area (Å²) in [6.45, 7) is 0. The third-order valence-electron chi connectivity index (χ3n) is 2.85. The van der Waals surface area contributed by atoms with Gasteiger partial charge in [-0.1, -0.05) is 11.8 Å². The Labute approximate surface area is 121 Å². The smallest absolute Gasteiger partial charge is 0.352 e. The van der Waals surface area contributed by atoms with Crippen LogP contribution in [0, 0.1) is 0 Å². The van der Waals surface area contributed by atoms with E-state index >= 15 is 0 Å². The molecule has 1 N–H and O–H groups in total. The number of thioether (sulfide) groups is 2. The van der Waals surface area contributed by atoms with Gasteiger partial charge in [0.1, 0.15) is 12.0 Å².